The van der Waals surface area contributed by atoms with Crippen LogP contribution in [0.4, 0.5) is 0 Å². The Labute approximate surface area is 157 Å². The van der Waals surface area contributed by atoms with Gasteiger partial charge in [0.1, 0.15) is 5.82 Å². The highest BCUT2D eigenvalue weighted by molar-refractivity contribution is 7.98. The number of aryl methyl sites for hydroxylation is 1. The summed E-state index contributed by atoms with van der Waals surface area (Å²) in [6.07, 6.45) is 9.02. The minimum atomic E-state index is 0.0161. The first-order valence-corrected chi connectivity index (χ1v) is 10.6. The minimum Gasteiger partial charge on any atom is -0.350 e. The van der Waals surface area contributed by atoms with Gasteiger partial charge < -0.3 is 14.0 Å². The lowest BCUT2D eigenvalue weighted by Gasteiger charge is -2.31. The molecule has 4 rings (SSSR count). The van der Waals surface area contributed by atoms with Crippen molar-refractivity contribution in [1.82, 2.24) is 24.8 Å². The summed E-state index contributed by atoms with van der Waals surface area (Å²) in [6.45, 7) is 1.54. The first-order chi connectivity index (χ1) is 12.7. The van der Waals surface area contributed by atoms with Crippen LogP contribution in [-0.4, -0.2) is 50.1 Å². The van der Waals surface area contributed by atoms with Gasteiger partial charge in [0.15, 0.2) is 5.16 Å². The molecule has 0 saturated carbocycles. The molecule has 0 radical (unpaired) electrons. The number of fused-ring (bicyclic) bond motifs is 1. The fraction of sp³-hybridized carbons (Fsp3) is 0.667. The van der Waals surface area contributed by atoms with Crippen molar-refractivity contribution in [3.8, 4) is 0 Å². The Morgan fingerprint density at radius 1 is 1.23 bits per heavy atom. The summed E-state index contributed by atoms with van der Waals surface area (Å²) in [5.74, 6) is 2.07. The standard InChI is InChI=1S/C18H25N5O2S/c1-22-15(19-20-18(22)26-2)11-12-7-9-23(10-8-12)17(24)16-13-5-3-4-6-14(13)21-25-16/h12H,3-11H2,1-2H3. The molecular weight excluding hydrogens is 350 g/mol. The smallest absolute Gasteiger partial charge is 0.292 e. The van der Waals surface area contributed by atoms with Crippen LogP contribution < -0.4 is 0 Å². The maximum atomic E-state index is 12.9. The van der Waals surface area contributed by atoms with Crippen LogP contribution in [0.2, 0.25) is 0 Å². The Kier molecular flexibility index (Phi) is 5.02. The summed E-state index contributed by atoms with van der Waals surface area (Å²) in [7, 11) is 2.02. The SMILES string of the molecule is CSc1nnc(CC2CCN(C(=O)c3onc4c3CCCC4)CC2)n1C. The molecule has 3 heterocycles. The molecule has 1 amide bonds. The fourth-order valence-electron chi connectivity index (χ4n) is 4.00. The van der Waals surface area contributed by atoms with Crippen LogP contribution in [0.5, 0.6) is 0 Å². The number of likely N-dealkylation sites (tertiary alicyclic amines) is 1. The van der Waals surface area contributed by atoms with Crippen LogP contribution in [0, 0.1) is 5.92 Å². The first-order valence-electron chi connectivity index (χ1n) is 9.36. The quantitative estimate of drug-likeness (QED) is 0.764. The van der Waals surface area contributed by atoms with E-state index in [0.717, 1.165) is 80.3 Å². The molecule has 0 spiro atoms. The van der Waals surface area contributed by atoms with Gasteiger partial charge in [0.2, 0.25) is 5.76 Å². The van der Waals surface area contributed by atoms with Crippen LogP contribution in [-0.2, 0) is 26.3 Å². The third-order valence-electron chi connectivity index (χ3n) is 5.63. The zero-order valence-electron chi connectivity index (χ0n) is 15.4. The van der Waals surface area contributed by atoms with Crippen molar-refractivity contribution >= 4 is 17.7 Å². The molecule has 7 nitrogen and oxygen atoms in total. The number of amides is 1. The lowest BCUT2D eigenvalue weighted by Crippen LogP contribution is -2.39. The van der Waals surface area contributed by atoms with Crippen molar-refractivity contribution in [1.29, 1.82) is 0 Å². The first kappa shape index (κ1) is 17.6. The zero-order valence-corrected chi connectivity index (χ0v) is 16.2. The van der Waals surface area contributed by atoms with Gasteiger partial charge in [-0.25, -0.2) is 0 Å². The molecule has 0 bridgehead atoms. The molecule has 2 aromatic heterocycles. The Morgan fingerprint density at radius 2 is 2.00 bits per heavy atom. The van der Waals surface area contributed by atoms with E-state index in [0.29, 0.717) is 11.7 Å². The monoisotopic (exact) mass is 375 g/mol. The Morgan fingerprint density at radius 3 is 2.73 bits per heavy atom. The van der Waals surface area contributed by atoms with E-state index in [1.807, 2.05) is 18.2 Å². The van der Waals surface area contributed by atoms with E-state index in [1.54, 1.807) is 11.8 Å². The number of piperidine rings is 1. The van der Waals surface area contributed by atoms with E-state index in [-0.39, 0.29) is 5.91 Å². The molecule has 1 aliphatic carbocycles. The topological polar surface area (TPSA) is 77.1 Å². The van der Waals surface area contributed by atoms with Gasteiger partial charge in [-0.2, -0.15) is 0 Å². The van der Waals surface area contributed by atoms with Crippen LogP contribution in [0.3, 0.4) is 0 Å². The van der Waals surface area contributed by atoms with Crippen molar-refractivity contribution in [3.63, 3.8) is 0 Å². The molecule has 1 saturated heterocycles. The van der Waals surface area contributed by atoms with Crippen LogP contribution in [0.25, 0.3) is 0 Å². The predicted molar refractivity (Wildman–Crippen MR) is 98.3 cm³/mol. The number of nitrogens with zero attached hydrogens (tertiary/aromatic N) is 5. The minimum absolute atomic E-state index is 0.0161. The van der Waals surface area contributed by atoms with Crippen molar-refractivity contribution in [2.24, 2.45) is 13.0 Å². The highest BCUT2D eigenvalue weighted by Crippen LogP contribution is 2.27. The van der Waals surface area contributed by atoms with E-state index in [2.05, 4.69) is 19.9 Å². The maximum Gasteiger partial charge on any atom is 0.292 e. The molecule has 0 atom stereocenters. The second-order valence-corrected chi connectivity index (χ2v) is 8.02. The lowest BCUT2D eigenvalue weighted by atomic mass is 9.92. The van der Waals surface area contributed by atoms with E-state index in [1.165, 1.54) is 0 Å². The van der Waals surface area contributed by atoms with Crippen molar-refractivity contribution in [2.45, 2.75) is 50.1 Å². The van der Waals surface area contributed by atoms with Crippen LogP contribution in [0.1, 0.15) is 53.3 Å². The molecule has 2 aromatic rings. The molecule has 8 heteroatoms. The van der Waals surface area contributed by atoms with E-state index >= 15 is 0 Å². The molecule has 140 valence electrons. The Balaban J connectivity index is 1.36. The number of carbonyl (C=O) groups is 1. The van der Waals surface area contributed by atoms with Gasteiger partial charge in [-0.15, -0.1) is 10.2 Å². The molecule has 2 aliphatic rings. The summed E-state index contributed by atoms with van der Waals surface area (Å²) < 4.78 is 7.49. The summed E-state index contributed by atoms with van der Waals surface area (Å²) >= 11 is 1.61. The third kappa shape index (κ3) is 3.26. The zero-order chi connectivity index (χ0) is 18.1. The summed E-state index contributed by atoms with van der Waals surface area (Å²) in [4.78, 5) is 14.8. The van der Waals surface area contributed by atoms with E-state index in [4.69, 9.17) is 4.52 Å². The molecule has 26 heavy (non-hydrogen) atoms. The normalized spacial score (nSPS) is 18.2. The second-order valence-electron chi connectivity index (χ2n) is 7.25. The number of thioether (sulfide) groups is 1. The molecule has 0 N–H and O–H groups in total. The van der Waals surface area contributed by atoms with Crippen molar-refractivity contribution < 1.29 is 9.32 Å². The highest BCUT2D eigenvalue weighted by Gasteiger charge is 2.30. The van der Waals surface area contributed by atoms with Gasteiger partial charge in [0, 0.05) is 32.1 Å². The number of carbonyl (C=O) groups excluding carboxylic acids is 1. The molecule has 0 aromatic carbocycles. The second kappa shape index (κ2) is 7.42. The Hall–Kier alpha value is -1.83. The molecule has 1 aliphatic heterocycles. The molecular formula is C18H25N5O2S. The average Bonchev–Trinajstić information content (AvgIpc) is 3.26. The van der Waals surface area contributed by atoms with Gasteiger partial charge in [-0.1, -0.05) is 16.9 Å². The van der Waals surface area contributed by atoms with Gasteiger partial charge in [-0.3, -0.25) is 4.79 Å². The van der Waals surface area contributed by atoms with Gasteiger partial charge >= 0.3 is 0 Å². The number of hydrogen-bond donors (Lipinski definition) is 0. The van der Waals surface area contributed by atoms with Gasteiger partial charge in [-0.05, 0) is 50.7 Å². The molecule has 0 unspecified atom stereocenters. The lowest BCUT2D eigenvalue weighted by molar-refractivity contribution is 0.0646. The summed E-state index contributed by atoms with van der Waals surface area (Å²) in [5.41, 5.74) is 2.04. The third-order valence-corrected chi connectivity index (χ3v) is 6.36. The van der Waals surface area contributed by atoms with Crippen LogP contribution >= 0.6 is 11.8 Å². The predicted octanol–water partition coefficient (Wildman–Crippen LogP) is 2.50. The van der Waals surface area contributed by atoms with Crippen LogP contribution in [0.15, 0.2) is 9.68 Å². The van der Waals surface area contributed by atoms with E-state index < -0.39 is 0 Å². The summed E-state index contributed by atoms with van der Waals surface area (Å²) in [5, 5.41) is 13.6. The largest absolute Gasteiger partial charge is 0.350 e. The number of hydrogen-bond acceptors (Lipinski definition) is 6. The maximum absolute atomic E-state index is 12.9. The number of aromatic nitrogens is 4. The van der Waals surface area contributed by atoms with E-state index in [9.17, 15) is 4.79 Å². The highest BCUT2D eigenvalue weighted by atomic mass is 32.2. The molecule has 1 fully saturated rings. The average molecular weight is 375 g/mol. The van der Waals surface area contributed by atoms with Crippen molar-refractivity contribution in [2.75, 3.05) is 19.3 Å². The number of rotatable bonds is 4. The fourth-order valence-corrected chi connectivity index (χ4v) is 4.50. The Bertz CT molecular complexity index is 792. The van der Waals surface area contributed by atoms with Gasteiger partial charge in [0.05, 0.1) is 5.69 Å². The van der Waals surface area contributed by atoms with Crippen molar-refractivity contribution in [3.05, 3.63) is 22.8 Å². The van der Waals surface area contributed by atoms with Gasteiger partial charge in [0.25, 0.3) is 5.91 Å². The summed E-state index contributed by atoms with van der Waals surface area (Å²) in [6, 6.07) is 0.